The highest BCUT2D eigenvalue weighted by Crippen LogP contribution is 2.22. The Morgan fingerprint density at radius 1 is 1.60 bits per heavy atom. The summed E-state index contributed by atoms with van der Waals surface area (Å²) in [6.07, 6.45) is 3.16. The number of carbonyl (C=O) groups is 1. The van der Waals surface area contributed by atoms with E-state index < -0.39 is 11.5 Å². The van der Waals surface area contributed by atoms with Gasteiger partial charge in [0.25, 0.3) is 0 Å². The third-order valence-corrected chi connectivity index (χ3v) is 3.51. The predicted octanol–water partition coefficient (Wildman–Crippen LogP) is 1.77. The van der Waals surface area contributed by atoms with Crippen LogP contribution in [0.15, 0.2) is 0 Å². The molecule has 0 aromatic heterocycles. The molecule has 1 heterocycles. The largest absolute Gasteiger partial charge is 0.391 e. The van der Waals surface area contributed by atoms with Crippen molar-refractivity contribution in [3.05, 3.63) is 0 Å². The molecular weight excluding hydrogens is 214 g/mol. The van der Waals surface area contributed by atoms with Gasteiger partial charge < -0.3 is 10.0 Å². The monoisotopic (exact) mass is 233 g/mol. The Balaban J connectivity index is 2.67. The van der Waals surface area contributed by atoms with Gasteiger partial charge in [-0.25, -0.2) is 0 Å². The van der Waals surface area contributed by atoms with Crippen molar-refractivity contribution in [2.24, 2.45) is 0 Å². The van der Waals surface area contributed by atoms with Crippen LogP contribution in [-0.4, -0.2) is 40.0 Å². The molecule has 0 spiro atoms. The van der Waals surface area contributed by atoms with Gasteiger partial charge in [-0.3, -0.25) is 4.79 Å². The lowest BCUT2D eigenvalue weighted by Gasteiger charge is -2.38. The summed E-state index contributed by atoms with van der Waals surface area (Å²) in [7, 11) is 0. The van der Waals surface area contributed by atoms with Crippen LogP contribution in [0.3, 0.4) is 0 Å². The van der Waals surface area contributed by atoms with E-state index in [1.807, 2.05) is 6.92 Å². The lowest BCUT2D eigenvalue weighted by atomic mass is 9.97. The molecule has 1 rings (SSSR count). The molecule has 3 unspecified atom stereocenters. The van der Waals surface area contributed by atoms with E-state index in [2.05, 4.69) is 0 Å². The zero-order chi connectivity index (χ0) is 11.4. The lowest BCUT2D eigenvalue weighted by molar-refractivity contribution is -0.137. The quantitative estimate of drug-likeness (QED) is 0.755. The number of aliphatic hydroxyl groups excluding tert-OH is 1. The molecular formula is C11H20ClNO2. The summed E-state index contributed by atoms with van der Waals surface area (Å²) in [5.74, 6) is -0.0234. The molecule has 1 fully saturated rings. The van der Waals surface area contributed by atoms with Crippen LogP contribution in [0.4, 0.5) is 0 Å². The molecule has 15 heavy (non-hydrogen) atoms. The second-order valence-electron chi connectivity index (χ2n) is 4.21. The maximum absolute atomic E-state index is 11.9. The van der Waals surface area contributed by atoms with Crippen LogP contribution in [0.25, 0.3) is 0 Å². The summed E-state index contributed by atoms with van der Waals surface area (Å²) in [6.45, 7) is 4.37. The molecule has 1 aliphatic heterocycles. The van der Waals surface area contributed by atoms with Gasteiger partial charge in [-0.15, -0.1) is 11.6 Å². The zero-order valence-corrected chi connectivity index (χ0v) is 10.2. The van der Waals surface area contributed by atoms with E-state index in [0.29, 0.717) is 6.42 Å². The van der Waals surface area contributed by atoms with E-state index in [-0.39, 0.29) is 11.9 Å². The topological polar surface area (TPSA) is 40.5 Å². The van der Waals surface area contributed by atoms with Gasteiger partial charge >= 0.3 is 0 Å². The summed E-state index contributed by atoms with van der Waals surface area (Å²) in [5, 5.41) is 9.17. The minimum atomic E-state index is -0.463. The van der Waals surface area contributed by atoms with Crippen LogP contribution in [0.5, 0.6) is 0 Å². The van der Waals surface area contributed by atoms with Crippen molar-refractivity contribution in [3.63, 3.8) is 0 Å². The molecule has 88 valence electrons. The van der Waals surface area contributed by atoms with Crippen molar-refractivity contribution in [1.82, 2.24) is 4.90 Å². The third kappa shape index (κ3) is 3.08. The Morgan fingerprint density at radius 3 is 2.80 bits per heavy atom. The fourth-order valence-corrected chi connectivity index (χ4v) is 2.21. The molecule has 1 N–H and O–H groups in total. The highest BCUT2D eigenvalue weighted by atomic mass is 35.5. The lowest BCUT2D eigenvalue weighted by Crippen LogP contribution is -2.51. The van der Waals surface area contributed by atoms with Gasteiger partial charge in [0, 0.05) is 6.54 Å². The Morgan fingerprint density at radius 2 is 2.27 bits per heavy atom. The van der Waals surface area contributed by atoms with Crippen molar-refractivity contribution in [2.75, 3.05) is 6.54 Å². The van der Waals surface area contributed by atoms with Gasteiger partial charge in [-0.05, 0) is 32.6 Å². The number of rotatable bonds is 3. The maximum atomic E-state index is 11.9. The normalized spacial score (nSPS) is 26.1. The van der Waals surface area contributed by atoms with Crippen LogP contribution in [0.1, 0.15) is 39.5 Å². The molecule has 4 heteroatoms. The van der Waals surface area contributed by atoms with Crippen molar-refractivity contribution in [3.8, 4) is 0 Å². The molecule has 0 aromatic rings. The Hall–Kier alpha value is -0.280. The number of hydrogen-bond donors (Lipinski definition) is 1. The van der Waals surface area contributed by atoms with Crippen LogP contribution in [0, 0.1) is 0 Å². The molecule has 0 aliphatic carbocycles. The second kappa shape index (κ2) is 5.71. The first-order chi connectivity index (χ1) is 7.07. The molecule has 3 nitrogen and oxygen atoms in total. The maximum Gasteiger partial charge on any atom is 0.240 e. The molecule has 1 saturated heterocycles. The third-order valence-electron chi connectivity index (χ3n) is 3.02. The predicted molar refractivity (Wildman–Crippen MR) is 61.0 cm³/mol. The number of halogens is 1. The summed E-state index contributed by atoms with van der Waals surface area (Å²) in [4.78, 5) is 13.7. The van der Waals surface area contributed by atoms with Crippen molar-refractivity contribution in [1.29, 1.82) is 0 Å². The van der Waals surface area contributed by atoms with E-state index in [0.717, 1.165) is 25.8 Å². The molecule has 1 amide bonds. The number of piperidine rings is 1. The minimum Gasteiger partial charge on any atom is -0.391 e. The first-order valence-corrected chi connectivity index (χ1v) is 6.14. The molecule has 0 radical (unpaired) electrons. The van der Waals surface area contributed by atoms with Gasteiger partial charge in [-0.2, -0.15) is 0 Å². The Labute approximate surface area is 96.4 Å². The molecule has 0 bridgehead atoms. The smallest absolute Gasteiger partial charge is 0.240 e. The van der Waals surface area contributed by atoms with E-state index in [1.54, 1.807) is 11.8 Å². The SMILES string of the molecule is CCC(Cl)C(=O)N1CCCCC1C(C)O. The highest BCUT2D eigenvalue weighted by molar-refractivity contribution is 6.30. The number of nitrogens with zero attached hydrogens (tertiary/aromatic N) is 1. The molecule has 0 aromatic carbocycles. The number of aliphatic hydroxyl groups is 1. The Kier molecular flexibility index (Phi) is 4.87. The number of alkyl halides is 1. The van der Waals surface area contributed by atoms with Gasteiger partial charge in [-0.1, -0.05) is 6.92 Å². The number of amides is 1. The fraction of sp³-hybridized carbons (Fsp3) is 0.909. The molecule has 3 atom stereocenters. The van der Waals surface area contributed by atoms with Gasteiger partial charge in [0.1, 0.15) is 5.38 Å². The van der Waals surface area contributed by atoms with Gasteiger partial charge in [0.05, 0.1) is 12.1 Å². The number of carbonyl (C=O) groups excluding carboxylic acids is 1. The van der Waals surface area contributed by atoms with Crippen molar-refractivity contribution < 1.29 is 9.90 Å². The minimum absolute atomic E-state index is 0.0234. The van der Waals surface area contributed by atoms with Crippen LogP contribution < -0.4 is 0 Å². The average Bonchev–Trinajstić information content (AvgIpc) is 2.27. The Bertz CT molecular complexity index is 221. The number of hydrogen-bond acceptors (Lipinski definition) is 2. The summed E-state index contributed by atoms with van der Waals surface area (Å²) in [5.41, 5.74) is 0. The summed E-state index contributed by atoms with van der Waals surface area (Å²) in [6, 6.07) is -0.0425. The van der Waals surface area contributed by atoms with Crippen LogP contribution >= 0.6 is 11.6 Å². The average molecular weight is 234 g/mol. The summed E-state index contributed by atoms with van der Waals surface area (Å²) >= 11 is 5.95. The molecule has 1 aliphatic rings. The van der Waals surface area contributed by atoms with Gasteiger partial charge in [0.2, 0.25) is 5.91 Å². The van der Waals surface area contributed by atoms with E-state index >= 15 is 0 Å². The summed E-state index contributed by atoms with van der Waals surface area (Å²) < 4.78 is 0. The highest BCUT2D eigenvalue weighted by Gasteiger charge is 2.32. The fourth-order valence-electron chi connectivity index (χ4n) is 2.09. The standard InChI is InChI=1S/C11H20ClNO2/c1-3-9(12)11(15)13-7-5-4-6-10(13)8(2)14/h8-10,14H,3-7H2,1-2H3. The van der Waals surface area contributed by atoms with E-state index in [9.17, 15) is 9.90 Å². The number of likely N-dealkylation sites (tertiary alicyclic amines) is 1. The molecule has 0 saturated carbocycles. The van der Waals surface area contributed by atoms with Crippen LogP contribution in [-0.2, 0) is 4.79 Å². The first kappa shape index (κ1) is 12.8. The van der Waals surface area contributed by atoms with Crippen molar-refractivity contribution in [2.45, 2.75) is 57.1 Å². The van der Waals surface area contributed by atoms with Crippen molar-refractivity contribution >= 4 is 17.5 Å². The zero-order valence-electron chi connectivity index (χ0n) is 9.45. The van der Waals surface area contributed by atoms with Gasteiger partial charge in [0.15, 0.2) is 0 Å². The van der Waals surface area contributed by atoms with E-state index in [4.69, 9.17) is 11.6 Å². The first-order valence-electron chi connectivity index (χ1n) is 5.70. The van der Waals surface area contributed by atoms with Crippen LogP contribution in [0.2, 0.25) is 0 Å². The second-order valence-corrected chi connectivity index (χ2v) is 4.74. The van der Waals surface area contributed by atoms with E-state index in [1.165, 1.54) is 0 Å².